The van der Waals surface area contributed by atoms with Gasteiger partial charge in [-0.25, -0.2) is 19.1 Å². The maximum atomic E-state index is 14.5. The van der Waals surface area contributed by atoms with Crippen LogP contribution in [0.2, 0.25) is 18.1 Å². The minimum atomic E-state index is -4.68. The molecule has 3 heterocycles. The molecule has 64 heavy (non-hydrogen) atoms. The molecule has 2 aromatic heterocycles. The molecule has 1 aliphatic heterocycles. The summed E-state index contributed by atoms with van der Waals surface area (Å²) in [7, 11) is -12.1. The monoisotopic (exact) mass is 956 g/mol. The van der Waals surface area contributed by atoms with Crippen LogP contribution in [-0.2, 0) is 56.7 Å². The number of phosphoric ester groups is 2. The molecule has 0 unspecified atom stereocenters. The van der Waals surface area contributed by atoms with Crippen LogP contribution in [0.25, 0.3) is 11.2 Å². The van der Waals surface area contributed by atoms with E-state index in [1.54, 1.807) is 12.1 Å². The van der Waals surface area contributed by atoms with Gasteiger partial charge in [0.25, 0.3) is 0 Å². The number of anilines is 1. The molecule has 4 atom stereocenters. The van der Waals surface area contributed by atoms with Gasteiger partial charge in [-0.05, 0) is 23.7 Å². The Morgan fingerprint density at radius 3 is 1.94 bits per heavy atom. The van der Waals surface area contributed by atoms with Gasteiger partial charge in [-0.2, -0.15) is 31.3 Å². The summed E-state index contributed by atoms with van der Waals surface area (Å²) in [6.45, 7) is 7.77. The van der Waals surface area contributed by atoms with E-state index in [2.05, 4.69) is 21.4 Å². The minimum Gasteiger partial charge on any atom is -0.407 e. The van der Waals surface area contributed by atoms with Crippen LogP contribution in [-0.4, -0.2) is 90.8 Å². The van der Waals surface area contributed by atoms with Crippen molar-refractivity contribution in [1.29, 1.82) is 26.3 Å². The molecule has 4 rings (SSSR count). The van der Waals surface area contributed by atoms with Crippen molar-refractivity contribution in [2.45, 2.75) is 107 Å². The number of imidazole rings is 1. The zero-order valence-corrected chi connectivity index (χ0v) is 39.7. The number of hydrogen-bond acceptors (Lipinski definition) is 20. The first-order chi connectivity index (χ1) is 30.5. The van der Waals surface area contributed by atoms with Gasteiger partial charge in [0.1, 0.15) is 28.9 Å². The molecule has 1 amide bonds. The average Bonchev–Trinajstić information content (AvgIpc) is 3.80. The predicted octanol–water partition coefficient (Wildman–Crippen LogP) is 7.64. The molecule has 1 saturated heterocycles. The Balaban J connectivity index is 1.90. The summed E-state index contributed by atoms with van der Waals surface area (Å²) in [5, 5.41) is 48.7. The number of nitrogens with one attached hydrogen (secondary N) is 1. The summed E-state index contributed by atoms with van der Waals surface area (Å²) in [6, 6.07) is 18.7. The number of thioether (sulfide) groups is 1. The van der Waals surface area contributed by atoms with E-state index in [0.29, 0.717) is 10.8 Å². The van der Waals surface area contributed by atoms with E-state index in [1.807, 2.05) is 76.3 Å². The van der Waals surface area contributed by atoms with Crippen LogP contribution in [0.3, 0.4) is 0 Å². The lowest BCUT2D eigenvalue weighted by Crippen LogP contribution is -2.49. The van der Waals surface area contributed by atoms with E-state index >= 15 is 0 Å². The number of hydrogen-bond donors (Lipinski definition) is 1. The van der Waals surface area contributed by atoms with Gasteiger partial charge >= 0.3 is 15.6 Å². The number of fused-ring (bicyclic) bond motifs is 1. The summed E-state index contributed by atoms with van der Waals surface area (Å²) in [5.74, 6) is -0.152. The van der Waals surface area contributed by atoms with Crippen molar-refractivity contribution >= 4 is 58.7 Å². The van der Waals surface area contributed by atoms with E-state index in [-0.39, 0.29) is 82.1 Å². The highest BCUT2D eigenvalue weighted by molar-refractivity contribution is 7.99. The Labute approximate surface area is 377 Å². The summed E-state index contributed by atoms with van der Waals surface area (Å²) < 4.78 is 77.6. The molecule has 0 spiro atoms. The van der Waals surface area contributed by atoms with Crippen molar-refractivity contribution < 1.29 is 50.2 Å². The second kappa shape index (κ2) is 24.6. The Hall–Kier alpha value is -4.60. The van der Waals surface area contributed by atoms with Crippen LogP contribution in [0.15, 0.2) is 41.7 Å². The molecule has 1 aliphatic rings. The van der Waals surface area contributed by atoms with Crippen molar-refractivity contribution in [3.8, 4) is 30.3 Å². The summed E-state index contributed by atoms with van der Waals surface area (Å²) in [6.07, 6.45) is -4.46. The van der Waals surface area contributed by atoms with Crippen LogP contribution in [0.5, 0.6) is 0 Å². The van der Waals surface area contributed by atoms with E-state index in [4.69, 9.17) is 51.8 Å². The van der Waals surface area contributed by atoms with E-state index < -0.39 is 66.1 Å². The maximum absolute atomic E-state index is 14.5. The number of benzene rings is 1. The second-order valence-corrected chi connectivity index (χ2v) is 24.4. The molecule has 0 aliphatic carbocycles. The molecule has 1 aromatic carbocycles. The molecule has 0 saturated carbocycles. The number of carbonyl (C=O) groups is 1. The van der Waals surface area contributed by atoms with Crippen LogP contribution < -0.4 is 5.32 Å². The second-order valence-electron chi connectivity index (χ2n) is 15.3. The lowest BCUT2D eigenvalue weighted by Gasteiger charge is -2.40. The van der Waals surface area contributed by atoms with Crippen molar-refractivity contribution in [3.05, 3.63) is 42.2 Å². The third-order valence-corrected chi connectivity index (χ3v) is 18.0. The Morgan fingerprint density at radius 1 is 0.828 bits per heavy atom. The Bertz CT molecular complexity index is 2310. The highest BCUT2D eigenvalue weighted by Gasteiger charge is 2.55. The quantitative estimate of drug-likeness (QED) is 0.0265. The maximum Gasteiger partial charge on any atom is 0.475 e. The summed E-state index contributed by atoms with van der Waals surface area (Å²) >= 11 is 1.22. The number of nitriles is 5. The molecule has 0 bridgehead atoms. The van der Waals surface area contributed by atoms with Crippen LogP contribution in [0.1, 0.15) is 64.7 Å². The summed E-state index contributed by atoms with van der Waals surface area (Å²) in [4.78, 5) is 27.2. The Kier molecular flexibility index (Phi) is 20.0. The van der Waals surface area contributed by atoms with Gasteiger partial charge in [0.2, 0.25) is 11.9 Å². The van der Waals surface area contributed by atoms with Crippen molar-refractivity contribution in [2.75, 3.05) is 44.1 Å². The normalized spacial score (nSPS) is 17.8. The topological polar surface area (TPSA) is 300 Å². The van der Waals surface area contributed by atoms with Crippen LogP contribution in [0.4, 0.5) is 5.95 Å². The molecule has 342 valence electrons. The average molecular weight is 957 g/mol. The zero-order chi connectivity index (χ0) is 46.8. The standard InChI is InChI=1S/C39H50N10O11P2SSi/c1-39(2,3)64(4,5)60-34-33(59-62(52,55-23-11-18-42)56-24-12-19-43)30(27-57-61(51,53-21-9-16-40)54-22-10-17-41)58-37(34)49-28-45-32-35(49)47-38(48-36(32)63-25-13-20-44)46-31(50)26-29-14-7-6-8-15-29/h6-8,14-15,28,30,33-34,37H,9-13,21-27H2,1-5H3,(H,46,47,48,50)/t30-,33-,34-,37-/m1/s1. The zero-order valence-electron chi connectivity index (χ0n) is 36.1. The van der Waals surface area contributed by atoms with Gasteiger partial charge in [-0.3, -0.25) is 41.8 Å². The van der Waals surface area contributed by atoms with E-state index in [1.165, 1.54) is 22.7 Å². The molecule has 0 radical (unpaired) electrons. The fourth-order valence-corrected chi connectivity index (χ4v) is 10.2. The number of nitrogens with zero attached hydrogens (tertiary/aromatic N) is 9. The van der Waals surface area contributed by atoms with E-state index in [0.717, 1.165) is 5.56 Å². The SMILES string of the molecule is CC(C)(C)[Si](C)(C)O[C@@H]1[C@H](OP(=O)(OCCC#N)OCCC#N)[C@@H](COP(=O)(OCCC#N)OCCC#N)O[C@H]1n1cnc2c(SCCC#N)nc(NC(=O)Cc3ccccc3)nc21. The third kappa shape index (κ3) is 15.0. The summed E-state index contributed by atoms with van der Waals surface area (Å²) in [5.41, 5.74) is 1.19. The van der Waals surface area contributed by atoms with Crippen molar-refractivity contribution in [2.24, 2.45) is 0 Å². The van der Waals surface area contributed by atoms with Gasteiger partial charge in [0, 0.05) is 12.2 Å². The predicted molar refractivity (Wildman–Crippen MR) is 232 cm³/mol. The Morgan fingerprint density at radius 2 is 1.39 bits per heavy atom. The van der Waals surface area contributed by atoms with Crippen molar-refractivity contribution in [1.82, 2.24) is 19.5 Å². The minimum absolute atomic E-state index is 0.0184. The highest BCUT2D eigenvalue weighted by Crippen LogP contribution is 2.56. The van der Waals surface area contributed by atoms with Crippen LogP contribution in [0, 0.1) is 56.7 Å². The van der Waals surface area contributed by atoms with Gasteiger partial charge < -0.3 is 9.16 Å². The van der Waals surface area contributed by atoms with Gasteiger partial charge in [0.15, 0.2) is 20.2 Å². The first-order valence-corrected chi connectivity index (χ1v) is 26.8. The molecule has 21 nitrogen and oxygen atoms in total. The van der Waals surface area contributed by atoms with Gasteiger partial charge in [-0.15, -0.1) is 11.8 Å². The molecular formula is C39H50N10O11P2SSi. The van der Waals surface area contributed by atoms with Crippen molar-refractivity contribution in [3.63, 3.8) is 0 Å². The highest BCUT2D eigenvalue weighted by atomic mass is 32.2. The molecule has 1 N–H and O–H groups in total. The lowest BCUT2D eigenvalue weighted by atomic mass is 10.1. The first kappa shape index (κ1) is 52.0. The lowest BCUT2D eigenvalue weighted by molar-refractivity contribution is -0.115. The van der Waals surface area contributed by atoms with E-state index in [9.17, 15) is 29.7 Å². The third-order valence-electron chi connectivity index (χ3n) is 9.60. The number of phosphoric acid groups is 2. The first-order valence-electron chi connectivity index (χ1n) is 20.0. The fraction of sp³-hybridized carbons (Fsp3) is 0.564. The number of carbonyl (C=O) groups excluding carboxylic acids is 1. The molecular weight excluding hydrogens is 907 g/mol. The number of ether oxygens (including phenoxy) is 1. The smallest absolute Gasteiger partial charge is 0.407 e. The molecule has 25 heteroatoms. The number of aromatic nitrogens is 4. The van der Waals surface area contributed by atoms with Gasteiger partial charge in [0.05, 0.1) is 102 Å². The number of rotatable bonds is 26. The van der Waals surface area contributed by atoms with Crippen LogP contribution >= 0.6 is 27.4 Å². The fourth-order valence-electron chi connectivity index (χ4n) is 5.55. The van der Waals surface area contributed by atoms with Gasteiger partial charge in [-0.1, -0.05) is 51.1 Å². The largest absolute Gasteiger partial charge is 0.475 e. The molecule has 1 fully saturated rings. The molecule has 3 aromatic rings. The number of amides is 1.